The molecule has 0 spiro atoms. The van der Waals surface area contributed by atoms with Gasteiger partial charge in [-0.25, -0.2) is 0 Å². The number of unbranched alkanes of at least 4 members (excludes halogenated alkanes) is 14. The highest BCUT2D eigenvalue weighted by Crippen LogP contribution is 2.43. The Bertz CT molecular complexity index is 1370. The summed E-state index contributed by atoms with van der Waals surface area (Å²) in [7, 11) is 0. The van der Waals surface area contributed by atoms with Crippen molar-refractivity contribution in [1.82, 2.24) is 0 Å². The summed E-state index contributed by atoms with van der Waals surface area (Å²) >= 11 is 3.80. The smallest absolute Gasteiger partial charge is 0.0349 e. The summed E-state index contributed by atoms with van der Waals surface area (Å²) in [5.41, 5.74) is 3.24. The molecule has 3 aromatic carbocycles. The van der Waals surface area contributed by atoms with Crippen LogP contribution in [-0.4, -0.2) is 0 Å². The van der Waals surface area contributed by atoms with E-state index in [0.29, 0.717) is 0 Å². The van der Waals surface area contributed by atoms with Crippen molar-refractivity contribution in [2.45, 2.75) is 129 Å². The SMILES string of the molecule is CCCCCCCCCCc1c2ccc3sccc3c2c(CCCCCCCCCC)c2ccc3sccc3c12. The molecule has 0 saturated heterocycles. The zero-order valence-corrected chi connectivity index (χ0v) is 26.8. The molecule has 0 unspecified atom stereocenters. The van der Waals surface area contributed by atoms with E-state index in [1.807, 2.05) is 22.7 Å². The number of benzene rings is 3. The van der Waals surface area contributed by atoms with E-state index in [-0.39, 0.29) is 0 Å². The Morgan fingerprint density at radius 3 is 1.18 bits per heavy atom. The van der Waals surface area contributed by atoms with Gasteiger partial charge in [0.25, 0.3) is 0 Å². The third-order valence-corrected chi connectivity index (χ3v) is 10.8. The molecule has 2 heteroatoms. The molecule has 0 fully saturated rings. The zero-order chi connectivity index (χ0) is 27.6. The van der Waals surface area contributed by atoms with E-state index in [9.17, 15) is 0 Å². The monoisotopic (exact) mass is 570 g/mol. The first kappa shape index (κ1) is 29.6. The number of thiophene rings is 2. The maximum absolute atomic E-state index is 2.48. The van der Waals surface area contributed by atoms with E-state index in [4.69, 9.17) is 0 Å². The number of aryl methyl sites for hydroxylation is 2. The van der Waals surface area contributed by atoms with Crippen molar-refractivity contribution < 1.29 is 0 Å². The van der Waals surface area contributed by atoms with Crippen LogP contribution in [0.5, 0.6) is 0 Å². The van der Waals surface area contributed by atoms with Gasteiger partial charge in [0.2, 0.25) is 0 Å². The molecule has 0 saturated carbocycles. The average Bonchev–Trinajstić information content (AvgIpc) is 3.66. The molecule has 5 rings (SSSR count). The van der Waals surface area contributed by atoms with Crippen molar-refractivity contribution in [2.24, 2.45) is 0 Å². The summed E-state index contributed by atoms with van der Waals surface area (Å²) in [6, 6.07) is 14.6. The van der Waals surface area contributed by atoms with Crippen molar-refractivity contribution in [2.75, 3.05) is 0 Å². The maximum atomic E-state index is 2.48. The molecule has 214 valence electrons. The summed E-state index contributed by atoms with van der Waals surface area (Å²) in [6.07, 6.45) is 24.4. The number of rotatable bonds is 18. The maximum Gasteiger partial charge on any atom is 0.0349 e. The molecule has 0 radical (unpaired) electrons. The van der Waals surface area contributed by atoms with E-state index >= 15 is 0 Å². The van der Waals surface area contributed by atoms with Gasteiger partial charge in [-0.05, 0) is 93.4 Å². The first-order valence-corrected chi connectivity index (χ1v) is 18.3. The second-order valence-electron chi connectivity index (χ2n) is 12.0. The first-order chi connectivity index (χ1) is 19.8. The van der Waals surface area contributed by atoms with Crippen LogP contribution in [-0.2, 0) is 12.8 Å². The highest BCUT2D eigenvalue weighted by molar-refractivity contribution is 7.17. The number of fused-ring (bicyclic) bond motifs is 6. The molecule has 0 atom stereocenters. The lowest BCUT2D eigenvalue weighted by atomic mass is 9.85. The van der Waals surface area contributed by atoms with Gasteiger partial charge in [0.05, 0.1) is 0 Å². The molecule has 0 aliphatic carbocycles. The summed E-state index contributed by atoms with van der Waals surface area (Å²) in [5.74, 6) is 0. The van der Waals surface area contributed by atoms with Gasteiger partial charge < -0.3 is 0 Å². The van der Waals surface area contributed by atoms with Crippen LogP contribution in [0, 0.1) is 0 Å². The minimum atomic E-state index is 1.20. The van der Waals surface area contributed by atoms with E-state index in [2.05, 4.69) is 61.0 Å². The fourth-order valence-electron chi connectivity index (χ4n) is 6.90. The van der Waals surface area contributed by atoms with Crippen molar-refractivity contribution in [3.05, 3.63) is 58.3 Å². The van der Waals surface area contributed by atoms with E-state index < -0.39 is 0 Å². The van der Waals surface area contributed by atoms with Crippen LogP contribution >= 0.6 is 22.7 Å². The highest BCUT2D eigenvalue weighted by atomic mass is 32.1. The van der Waals surface area contributed by atoms with Gasteiger partial charge in [-0.3, -0.25) is 0 Å². The van der Waals surface area contributed by atoms with E-state index in [1.165, 1.54) is 147 Å². The van der Waals surface area contributed by atoms with Gasteiger partial charge in [0.15, 0.2) is 0 Å². The lowest BCUT2D eigenvalue weighted by Gasteiger charge is -2.19. The molecule has 0 bridgehead atoms. The lowest BCUT2D eigenvalue weighted by molar-refractivity contribution is 0.576. The second-order valence-corrected chi connectivity index (χ2v) is 13.9. The number of hydrogen-bond acceptors (Lipinski definition) is 2. The summed E-state index contributed by atoms with van der Waals surface area (Å²) in [4.78, 5) is 0. The van der Waals surface area contributed by atoms with Crippen LogP contribution in [0.1, 0.15) is 128 Å². The Hall–Kier alpha value is -1.90. The molecule has 0 aliphatic heterocycles. The van der Waals surface area contributed by atoms with Gasteiger partial charge in [-0.15, -0.1) is 22.7 Å². The number of hydrogen-bond donors (Lipinski definition) is 0. The summed E-state index contributed by atoms with van der Waals surface area (Å²) in [6.45, 7) is 4.62. The highest BCUT2D eigenvalue weighted by Gasteiger charge is 2.18. The molecule has 0 amide bonds. The summed E-state index contributed by atoms with van der Waals surface area (Å²) < 4.78 is 2.89. The fourth-order valence-corrected chi connectivity index (χ4v) is 8.49. The third kappa shape index (κ3) is 6.93. The Balaban J connectivity index is 1.45. The van der Waals surface area contributed by atoms with Gasteiger partial charge in [0.1, 0.15) is 0 Å². The summed E-state index contributed by atoms with van der Waals surface area (Å²) in [5, 5.41) is 13.8. The van der Waals surface area contributed by atoms with Gasteiger partial charge in [-0.1, -0.05) is 116 Å². The van der Waals surface area contributed by atoms with Crippen LogP contribution in [0.4, 0.5) is 0 Å². The lowest BCUT2D eigenvalue weighted by Crippen LogP contribution is -1.98. The predicted octanol–water partition coefficient (Wildman–Crippen LogP) is 13.8. The van der Waals surface area contributed by atoms with Crippen molar-refractivity contribution in [3.8, 4) is 0 Å². The van der Waals surface area contributed by atoms with Crippen LogP contribution in [0.2, 0.25) is 0 Å². The Morgan fingerprint density at radius 1 is 0.400 bits per heavy atom. The fraction of sp³-hybridized carbons (Fsp3) is 0.526. The standard InChI is InChI=1S/C38H50S2/c1-3-5-7-9-11-13-15-17-19-29-31-21-23-36-34(26-28-40-36)38(31)30(20-18-16-14-12-10-8-6-4-2)32-22-24-35-33(37(29)32)25-27-39-35/h21-28H,3-20H2,1-2H3. The minimum absolute atomic E-state index is 1.20. The molecule has 2 heterocycles. The van der Waals surface area contributed by atoms with Crippen molar-refractivity contribution >= 4 is 64.4 Å². The molecule has 0 aliphatic rings. The zero-order valence-electron chi connectivity index (χ0n) is 25.2. The van der Waals surface area contributed by atoms with Gasteiger partial charge in [0, 0.05) is 20.2 Å². The van der Waals surface area contributed by atoms with Gasteiger partial charge in [-0.2, -0.15) is 0 Å². The van der Waals surface area contributed by atoms with E-state index in [0.717, 1.165) is 0 Å². The quantitative estimate of drug-likeness (QED) is 0.0726. The van der Waals surface area contributed by atoms with Crippen molar-refractivity contribution in [1.29, 1.82) is 0 Å². The van der Waals surface area contributed by atoms with Gasteiger partial charge >= 0.3 is 0 Å². The normalized spacial score (nSPS) is 12.1. The molecule has 2 aromatic heterocycles. The Kier molecular flexibility index (Phi) is 11.4. The Labute approximate surface area is 251 Å². The Morgan fingerprint density at radius 2 is 0.775 bits per heavy atom. The molecular weight excluding hydrogens is 521 g/mol. The van der Waals surface area contributed by atoms with E-state index in [1.54, 1.807) is 21.9 Å². The molecule has 0 nitrogen and oxygen atoms in total. The molecule has 0 N–H and O–H groups in total. The second kappa shape index (κ2) is 15.4. The molecule has 5 aromatic rings. The van der Waals surface area contributed by atoms with Crippen LogP contribution in [0.15, 0.2) is 47.2 Å². The molecule has 40 heavy (non-hydrogen) atoms. The van der Waals surface area contributed by atoms with Crippen LogP contribution < -0.4 is 0 Å². The van der Waals surface area contributed by atoms with Crippen LogP contribution in [0.25, 0.3) is 41.7 Å². The predicted molar refractivity (Wildman–Crippen MR) is 185 cm³/mol. The molecular formula is C38H50S2. The average molecular weight is 571 g/mol. The topological polar surface area (TPSA) is 0 Å². The van der Waals surface area contributed by atoms with Crippen LogP contribution in [0.3, 0.4) is 0 Å². The third-order valence-electron chi connectivity index (χ3n) is 9.08. The first-order valence-electron chi connectivity index (χ1n) is 16.6. The largest absolute Gasteiger partial charge is 0.144 e. The minimum Gasteiger partial charge on any atom is -0.144 e. The van der Waals surface area contributed by atoms with Crippen molar-refractivity contribution in [3.63, 3.8) is 0 Å².